The van der Waals surface area contributed by atoms with Gasteiger partial charge in [-0.3, -0.25) is 13.8 Å². The van der Waals surface area contributed by atoms with E-state index in [9.17, 15) is 14.3 Å². The van der Waals surface area contributed by atoms with Crippen LogP contribution in [-0.2, 0) is 23.1 Å². The number of hydrogen-bond acceptors (Lipinski definition) is 6. The Bertz CT molecular complexity index is 573. The van der Waals surface area contributed by atoms with Gasteiger partial charge in [0.2, 0.25) is 0 Å². The first-order valence-electron chi connectivity index (χ1n) is 14.2. The van der Waals surface area contributed by atoms with Gasteiger partial charge in [0, 0.05) is 20.0 Å². The number of phosphoric acid groups is 1. The Hall–Kier alpha value is 0.0500. The molecular formula is C27H57NO6PS+. The number of ether oxygens (including phenoxy) is 1. The highest BCUT2D eigenvalue weighted by Crippen LogP contribution is 2.43. The average Bonchev–Trinajstić information content (AvgIpc) is 2.79. The molecule has 0 spiro atoms. The normalized spacial score (nSPS) is 14.6. The van der Waals surface area contributed by atoms with Gasteiger partial charge >= 0.3 is 7.82 Å². The third kappa shape index (κ3) is 27.1. The minimum absolute atomic E-state index is 0.0634. The van der Waals surface area contributed by atoms with Crippen LogP contribution in [0.25, 0.3) is 0 Å². The molecule has 0 aromatic carbocycles. The van der Waals surface area contributed by atoms with Gasteiger partial charge in [-0.2, -0.15) is 0 Å². The molecule has 1 unspecified atom stereocenters. The number of rotatable bonds is 26. The van der Waals surface area contributed by atoms with Gasteiger partial charge < -0.3 is 14.1 Å². The van der Waals surface area contributed by atoms with Crippen molar-refractivity contribution in [3.05, 3.63) is 0 Å². The average molecular weight is 555 g/mol. The molecule has 0 saturated carbocycles. The summed E-state index contributed by atoms with van der Waals surface area (Å²) in [7, 11) is 2.02. The molecule has 2 atom stereocenters. The Balaban J connectivity index is 3.79. The van der Waals surface area contributed by atoms with Gasteiger partial charge in [-0.05, 0) is 6.42 Å². The fourth-order valence-electron chi connectivity index (χ4n) is 3.90. The second-order valence-electron chi connectivity index (χ2n) is 10.9. The summed E-state index contributed by atoms with van der Waals surface area (Å²) in [5.41, 5.74) is 0. The highest BCUT2D eigenvalue weighted by Gasteiger charge is 2.24. The van der Waals surface area contributed by atoms with Crippen LogP contribution in [0.1, 0.15) is 110 Å². The summed E-state index contributed by atoms with van der Waals surface area (Å²) in [5, 5.41) is -0.398. The number of carbonyl (C=O) groups excluding carboxylic acids is 1. The molecule has 0 aliphatic carbocycles. The van der Waals surface area contributed by atoms with Crippen LogP contribution < -0.4 is 0 Å². The number of quaternary nitrogens is 1. The summed E-state index contributed by atoms with van der Waals surface area (Å²) in [6.07, 6.45) is 19.1. The molecule has 0 aromatic heterocycles. The molecule has 216 valence electrons. The Morgan fingerprint density at radius 3 is 1.75 bits per heavy atom. The molecule has 0 aliphatic heterocycles. The quantitative estimate of drug-likeness (QED) is 0.0679. The van der Waals surface area contributed by atoms with Gasteiger partial charge in [-0.25, -0.2) is 4.57 Å². The molecule has 0 saturated heterocycles. The Morgan fingerprint density at radius 2 is 1.28 bits per heavy atom. The zero-order valence-electron chi connectivity index (χ0n) is 24.0. The van der Waals surface area contributed by atoms with E-state index in [1.54, 1.807) is 0 Å². The van der Waals surface area contributed by atoms with Crippen LogP contribution in [0.15, 0.2) is 0 Å². The highest BCUT2D eigenvalue weighted by atomic mass is 32.2. The zero-order chi connectivity index (χ0) is 27.1. The first-order chi connectivity index (χ1) is 17.1. The van der Waals surface area contributed by atoms with Crippen LogP contribution in [0.5, 0.6) is 0 Å². The Morgan fingerprint density at radius 1 is 0.778 bits per heavy atom. The van der Waals surface area contributed by atoms with Gasteiger partial charge in [0.05, 0.1) is 52.8 Å². The van der Waals surface area contributed by atoms with E-state index in [4.69, 9.17) is 13.8 Å². The summed E-state index contributed by atoms with van der Waals surface area (Å²) in [5.74, 6) is 0. The molecule has 7 nitrogen and oxygen atoms in total. The minimum atomic E-state index is -4.14. The maximum atomic E-state index is 12.1. The lowest BCUT2D eigenvalue weighted by molar-refractivity contribution is -0.870. The lowest BCUT2D eigenvalue weighted by Gasteiger charge is -2.24. The number of hydrogen-bond donors (Lipinski definition) is 1. The lowest BCUT2D eigenvalue weighted by Crippen LogP contribution is -2.35. The SMILES string of the molecule is CCCCCCCCCCCCCCCCOC[C@H](COP(=O)(O)OCCC[N+](C)(C)C)SC(C)=O. The summed E-state index contributed by atoms with van der Waals surface area (Å²) >= 11 is 1.08. The van der Waals surface area contributed by atoms with Crippen LogP contribution in [0.2, 0.25) is 0 Å². The lowest BCUT2D eigenvalue weighted by atomic mass is 10.0. The Labute approximate surface area is 226 Å². The van der Waals surface area contributed by atoms with Crippen molar-refractivity contribution < 1.29 is 32.5 Å². The number of carbonyl (C=O) groups is 1. The molecule has 36 heavy (non-hydrogen) atoms. The van der Waals surface area contributed by atoms with Crippen LogP contribution in [0.4, 0.5) is 0 Å². The van der Waals surface area contributed by atoms with Crippen molar-refractivity contribution in [3.8, 4) is 0 Å². The van der Waals surface area contributed by atoms with Crippen molar-refractivity contribution in [2.24, 2.45) is 0 Å². The Kier molecular flexibility index (Phi) is 23.0. The number of phosphoric ester groups is 1. The maximum Gasteiger partial charge on any atom is 0.472 e. The van der Waals surface area contributed by atoms with E-state index in [1.807, 2.05) is 0 Å². The molecule has 0 heterocycles. The van der Waals surface area contributed by atoms with Crippen molar-refractivity contribution >= 4 is 24.7 Å². The number of nitrogens with zero attached hydrogens (tertiary/aromatic N) is 1. The summed E-state index contributed by atoms with van der Waals surface area (Å²) in [4.78, 5) is 21.5. The van der Waals surface area contributed by atoms with E-state index in [0.717, 1.165) is 35.6 Å². The maximum absolute atomic E-state index is 12.1. The van der Waals surface area contributed by atoms with Crippen molar-refractivity contribution in [1.82, 2.24) is 0 Å². The molecule has 9 heteroatoms. The van der Waals surface area contributed by atoms with Crippen molar-refractivity contribution in [1.29, 1.82) is 0 Å². The standard InChI is InChI=1S/C27H56NO6PS/c1-6-7-8-9-10-11-12-13-14-15-16-17-18-19-22-32-24-27(36-26(2)29)25-34-35(30,31)33-23-20-21-28(3,4)5/h27H,6-25H2,1-5H3/p+1/t27-/m1/s1. The summed E-state index contributed by atoms with van der Waals surface area (Å²) < 4.78 is 28.8. The van der Waals surface area contributed by atoms with Crippen LogP contribution in [0.3, 0.4) is 0 Å². The van der Waals surface area contributed by atoms with Crippen molar-refractivity contribution in [3.63, 3.8) is 0 Å². The van der Waals surface area contributed by atoms with Gasteiger partial charge in [-0.15, -0.1) is 0 Å². The molecule has 0 fully saturated rings. The van der Waals surface area contributed by atoms with Crippen LogP contribution in [-0.4, -0.2) is 73.9 Å². The minimum Gasteiger partial charge on any atom is -0.380 e. The highest BCUT2D eigenvalue weighted by molar-refractivity contribution is 8.14. The zero-order valence-corrected chi connectivity index (χ0v) is 25.7. The summed E-state index contributed by atoms with van der Waals surface area (Å²) in [6.45, 7) is 5.60. The predicted octanol–water partition coefficient (Wildman–Crippen LogP) is 7.36. The molecule has 0 radical (unpaired) electrons. The molecule has 0 bridgehead atoms. The second-order valence-corrected chi connectivity index (χ2v) is 13.8. The largest absolute Gasteiger partial charge is 0.472 e. The van der Waals surface area contributed by atoms with Gasteiger partial charge in [0.25, 0.3) is 0 Å². The van der Waals surface area contributed by atoms with Crippen LogP contribution >= 0.6 is 19.6 Å². The van der Waals surface area contributed by atoms with Crippen molar-refractivity contribution in [2.45, 2.75) is 115 Å². The number of unbranched alkanes of at least 4 members (excludes halogenated alkanes) is 13. The topological polar surface area (TPSA) is 82.1 Å². The van der Waals surface area contributed by atoms with Gasteiger partial charge in [0.1, 0.15) is 0 Å². The molecule has 0 aliphatic rings. The van der Waals surface area contributed by atoms with E-state index < -0.39 is 7.82 Å². The second kappa shape index (κ2) is 23.0. The fourth-order valence-corrected chi connectivity index (χ4v) is 5.57. The smallest absolute Gasteiger partial charge is 0.380 e. The first kappa shape index (κ1) is 36.0. The fraction of sp³-hybridized carbons (Fsp3) is 0.963. The third-order valence-corrected chi connectivity index (χ3v) is 7.85. The van der Waals surface area contributed by atoms with E-state index in [0.29, 0.717) is 19.6 Å². The molecule has 0 amide bonds. The third-order valence-electron chi connectivity index (χ3n) is 5.93. The van der Waals surface area contributed by atoms with Gasteiger partial charge in [-0.1, -0.05) is 102 Å². The van der Waals surface area contributed by atoms with E-state index in [2.05, 4.69) is 28.1 Å². The molecular weight excluding hydrogens is 497 g/mol. The molecule has 1 N–H and O–H groups in total. The van der Waals surface area contributed by atoms with Gasteiger partial charge in [0.15, 0.2) is 5.12 Å². The van der Waals surface area contributed by atoms with Crippen LogP contribution in [0, 0.1) is 0 Å². The summed E-state index contributed by atoms with van der Waals surface area (Å²) in [6, 6.07) is 0. The number of thioether (sulfide) groups is 1. The monoisotopic (exact) mass is 554 g/mol. The predicted molar refractivity (Wildman–Crippen MR) is 152 cm³/mol. The molecule has 0 rings (SSSR count). The first-order valence-corrected chi connectivity index (χ1v) is 16.6. The van der Waals surface area contributed by atoms with E-state index in [1.165, 1.54) is 84.0 Å². The molecule has 0 aromatic rings. The van der Waals surface area contributed by atoms with E-state index in [-0.39, 0.29) is 23.6 Å². The van der Waals surface area contributed by atoms with E-state index >= 15 is 0 Å². The van der Waals surface area contributed by atoms with Crippen molar-refractivity contribution in [2.75, 3.05) is 54.1 Å².